The summed E-state index contributed by atoms with van der Waals surface area (Å²) in [5.74, 6) is 0. The van der Waals surface area contributed by atoms with Gasteiger partial charge < -0.3 is 4.90 Å². The molecule has 10 rings (SSSR count). The second-order valence-electron chi connectivity index (χ2n) is 12.5. The van der Waals surface area contributed by atoms with Gasteiger partial charge in [-0.15, -0.1) is 11.3 Å². The Hall–Kier alpha value is -5.96. The molecule has 0 aliphatic rings. The number of hydrogen-bond donors (Lipinski definition) is 0. The summed E-state index contributed by atoms with van der Waals surface area (Å²) in [6.45, 7) is 0. The predicted octanol–water partition coefficient (Wildman–Crippen LogP) is 13.8. The molecule has 1 aromatic heterocycles. The van der Waals surface area contributed by atoms with Gasteiger partial charge in [0.05, 0.1) is 5.69 Å². The quantitative estimate of drug-likeness (QED) is 0.176. The van der Waals surface area contributed by atoms with Gasteiger partial charge in [0.15, 0.2) is 0 Å². The van der Waals surface area contributed by atoms with E-state index in [1.54, 1.807) is 0 Å². The van der Waals surface area contributed by atoms with E-state index in [2.05, 4.69) is 181 Å². The number of nitrogens with zero attached hydrogens (tertiary/aromatic N) is 1. The molecule has 0 radical (unpaired) electrons. The van der Waals surface area contributed by atoms with Gasteiger partial charge >= 0.3 is 0 Å². The highest BCUT2D eigenvalue weighted by Crippen LogP contribution is 2.44. The Labute approximate surface area is 282 Å². The van der Waals surface area contributed by atoms with E-state index in [-0.39, 0.29) is 0 Å². The zero-order chi connectivity index (χ0) is 31.6. The van der Waals surface area contributed by atoms with Crippen LogP contribution >= 0.6 is 11.3 Å². The summed E-state index contributed by atoms with van der Waals surface area (Å²) in [5.41, 5.74) is 5.90. The number of para-hydroxylation sites is 1. The van der Waals surface area contributed by atoms with Crippen LogP contribution in [-0.2, 0) is 0 Å². The predicted molar refractivity (Wildman–Crippen MR) is 209 cm³/mol. The summed E-state index contributed by atoms with van der Waals surface area (Å²) < 4.78 is 2.65. The van der Waals surface area contributed by atoms with Crippen molar-refractivity contribution in [3.8, 4) is 11.1 Å². The standard InChI is InChI=1S/C46H29NS/c1-2-13-34(14-3-1)47(43-19-10-12-32-28-45-42(29-41(32)43)38-17-8-9-20-44(38)48-45)35-25-23-31(24-26-35)40-27-33-22-21-30-11-4-5-15-36(30)46(33)39-18-7-6-16-37(39)40/h1-29H. The first-order chi connectivity index (χ1) is 23.8. The van der Waals surface area contributed by atoms with E-state index >= 15 is 0 Å². The first kappa shape index (κ1) is 27.2. The van der Waals surface area contributed by atoms with Gasteiger partial charge in [0.25, 0.3) is 0 Å². The fourth-order valence-corrected chi connectivity index (χ4v) is 8.72. The zero-order valence-electron chi connectivity index (χ0n) is 26.1. The van der Waals surface area contributed by atoms with Crippen LogP contribution in [0.2, 0.25) is 0 Å². The Morgan fingerprint density at radius 2 is 1.02 bits per heavy atom. The van der Waals surface area contributed by atoms with Crippen LogP contribution in [0.3, 0.4) is 0 Å². The molecule has 48 heavy (non-hydrogen) atoms. The molecule has 0 saturated carbocycles. The molecule has 0 amide bonds. The molecule has 0 saturated heterocycles. The fourth-order valence-electron chi connectivity index (χ4n) is 7.59. The molecule has 0 fully saturated rings. The zero-order valence-corrected chi connectivity index (χ0v) is 26.9. The van der Waals surface area contributed by atoms with Crippen LogP contribution in [0.4, 0.5) is 17.1 Å². The third-order valence-electron chi connectivity index (χ3n) is 9.79. The summed E-state index contributed by atoms with van der Waals surface area (Å²) in [7, 11) is 0. The van der Waals surface area contributed by atoms with Gasteiger partial charge in [-0.25, -0.2) is 0 Å². The molecule has 0 aliphatic heterocycles. The molecular formula is C46H29NS. The maximum absolute atomic E-state index is 2.40. The lowest BCUT2D eigenvalue weighted by atomic mass is 9.90. The van der Waals surface area contributed by atoms with Crippen LogP contribution in [0.1, 0.15) is 0 Å². The third kappa shape index (κ3) is 4.24. The molecule has 0 N–H and O–H groups in total. The number of anilines is 3. The normalized spacial score (nSPS) is 11.8. The van der Waals surface area contributed by atoms with Gasteiger partial charge in [-0.1, -0.05) is 121 Å². The summed E-state index contributed by atoms with van der Waals surface area (Å²) in [6, 6.07) is 64.5. The maximum atomic E-state index is 2.40. The van der Waals surface area contributed by atoms with Crippen LogP contribution in [0.5, 0.6) is 0 Å². The Balaban J connectivity index is 1.15. The van der Waals surface area contributed by atoms with Gasteiger partial charge in [0, 0.05) is 36.9 Å². The highest BCUT2D eigenvalue weighted by atomic mass is 32.1. The van der Waals surface area contributed by atoms with Crippen molar-refractivity contribution in [2.75, 3.05) is 4.90 Å². The van der Waals surface area contributed by atoms with Crippen molar-refractivity contribution in [3.63, 3.8) is 0 Å². The lowest BCUT2D eigenvalue weighted by Crippen LogP contribution is -2.10. The summed E-state index contributed by atoms with van der Waals surface area (Å²) in [4.78, 5) is 2.40. The molecule has 0 bridgehead atoms. The van der Waals surface area contributed by atoms with Crippen LogP contribution in [0, 0.1) is 0 Å². The lowest BCUT2D eigenvalue weighted by molar-refractivity contribution is 1.30. The minimum atomic E-state index is 1.13. The second kappa shape index (κ2) is 10.8. The average Bonchev–Trinajstić information content (AvgIpc) is 3.52. The maximum Gasteiger partial charge on any atom is 0.0540 e. The van der Waals surface area contributed by atoms with E-state index in [9.17, 15) is 0 Å². The van der Waals surface area contributed by atoms with Crippen molar-refractivity contribution in [3.05, 3.63) is 176 Å². The molecule has 10 aromatic rings. The van der Waals surface area contributed by atoms with Crippen LogP contribution in [0.15, 0.2) is 176 Å². The molecule has 9 aromatic carbocycles. The van der Waals surface area contributed by atoms with E-state index in [0.29, 0.717) is 0 Å². The third-order valence-corrected chi connectivity index (χ3v) is 10.9. The average molecular weight is 628 g/mol. The molecule has 0 atom stereocenters. The molecule has 2 heteroatoms. The highest BCUT2D eigenvalue weighted by Gasteiger charge is 2.18. The molecule has 224 valence electrons. The number of benzene rings is 9. The smallest absolute Gasteiger partial charge is 0.0540 e. The van der Waals surface area contributed by atoms with Crippen molar-refractivity contribution in [2.45, 2.75) is 0 Å². The number of thiophene rings is 1. The van der Waals surface area contributed by atoms with Gasteiger partial charge in [-0.05, 0) is 103 Å². The summed E-state index contributed by atoms with van der Waals surface area (Å²) in [6.07, 6.45) is 0. The van der Waals surface area contributed by atoms with E-state index in [0.717, 1.165) is 11.4 Å². The van der Waals surface area contributed by atoms with Gasteiger partial charge in [0.1, 0.15) is 0 Å². The Morgan fingerprint density at radius 3 is 1.88 bits per heavy atom. The molecule has 0 spiro atoms. The number of rotatable bonds is 4. The van der Waals surface area contributed by atoms with E-state index in [4.69, 9.17) is 0 Å². The van der Waals surface area contributed by atoms with Crippen LogP contribution in [-0.4, -0.2) is 0 Å². The van der Waals surface area contributed by atoms with Crippen LogP contribution in [0.25, 0.3) is 74.4 Å². The number of hydrogen-bond acceptors (Lipinski definition) is 2. The lowest BCUT2D eigenvalue weighted by Gasteiger charge is -2.27. The van der Waals surface area contributed by atoms with E-state index < -0.39 is 0 Å². The Bertz CT molecular complexity index is 2830. The van der Waals surface area contributed by atoms with Crippen molar-refractivity contribution in [1.29, 1.82) is 0 Å². The van der Waals surface area contributed by atoms with Crippen molar-refractivity contribution in [2.24, 2.45) is 0 Å². The fraction of sp³-hybridized carbons (Fsp3) is 0. The van der Waals surface area contributed by atoms with Crippen molar-refractivity contribution >= 4 is 91.7 Å². The van der Waals surface area contributed by atoms with E-state index in [1.165, 1.54) is 80.1 Å². The minimum Gasteiger partial charge on any atom is -0.310 e. The van der Waals surface area contributed by atoms with Gasteiger partial charge in [-0.3, -0.25) is 0 Å². The first-order valence-electron chi connectivity index (χ1n) is 16.4. The number of fused-ring (bicyclic) bond motifs is 9. The topological polar surface area (TPSA) is 3.24 Å². The van der Waals surface area contributed by atoms with Crippen molar-refractivity contribution < 1.29 is 0 Å². The summed E-state index contributed by atoms with van der Waals surface area (Å²) in [5, 5.41) is 12.9. The minimum absolute atomic E-state index is 1.13. The molecule has 1 heterocycles. The second-order valence-corrected chi connectivity index (χ2v) is 13.6. The molecule has 0 aliphatic carbocycles. The summed E-state index contributed by atoms with van der Waals surface area (Å²) >= 11 is 1.87. The van der Waals surface area contributed by atoms with E-state index in [1.807, 2.05) is 11.3 Å². The van der Waals surface area contributed by atoms with Gasteiger partial charge in [-0.2, -0.15) is 0 Å². The molecule has 0 unspecified atom stereocenters. The van der Waals surface area contributed by atoms with Crippen molar-refractivity contribution in [1.82, 2.24) is 0 Å². The van der Waals surface area contributed by atoms with Gasteiger partial charge in [0.2, 0.25) is 0 Å². The Morgan fingerprint density at radius 1 is 0.354 bits per heavy atom. The molecule has 1 nitrogen and oxygen atoms in total. The highest BCUT2D eigenvalue weighted by molar-refractivity contribution is 7.25. The Kier molecular flexibility index (Phi) is 6.12. The SMILES string of the molecule is c1ccc(N(c2ccc(-c3cc4ccc5ccccc5c4c4ccccc34)cc2)c2cccc3cc4sc5ccccc5c4cc23)cc1. The molecular weight excluding hydrogens is 599 g/mol. The first-order valence-corrected chi connectivity index (χ1v) is 17.2. The van der Waals surface area contributed by atoms with Crippen LogP contribution < -0.4 is 4.90 Å². The monoisotopic (exact) mass is 627 g/mol. The largest absolute Gasteiger partial charge is 0.310 e.